The lowest BCUT2D eigenvalue weighted by Gasteiger charge is -2.14. The molecule has 0 atom stereocenters. The first-order valence-corrected chi connectivity index (χ1v) is 11.5. The van der Waals surface area contributed by atoms with Gasteiger partial charge in [0.15, 0.2) is 0 Å². The predicted octanol–water partition coefficient (Wildman–Crippen LogP) is 7.05. The summed E-state index contributed by atoms with van der Waals surface area (Å²) in [7, 11) is 0. The Hall–Kier alpha value is -2.86. The van der Waals surface area contributed by atoms with E-state index in [1.807, 2.05) is 19.1 Å². The fourth-order valence-electron chi connectivity index (χ4n) is 3.21. The summed E-state index contributed by atoms with van der Waals surface area (Å²) >= 11 is 0. The largest absolute Gasteiger partial charge is 0.494 e. The van der Waals surface area contributed by atoms with E-state index in [2.05, 4.69) is 11.9 Å². The third-order valence-corrected chi connectivity index (χ3v) is 5.01. The Kier molecular flexibility index (Phi) is 14.3. The molecule has 0 aliphatic carbocycles. The number of rotatable bonds is 16. The van der Waals surface area contributed by atoms with Crippen molar-refractivity contribution in [2.45, 2.75) is 52.1 Å². The zero-order valence-corrected chi connectivity index (χ0v) is 20.2. The molecule has 0 aromatic heterocycles. The van der Waals surface area contributed by atoms with Gasteiger partial charge in [0.05, 0.1) is 5.76 Å². The molecule has 1 aromatic carbocycles. The normalized spacial score (nSPS) is 13.7. The maximum Gasteiger partial charge on any atom is 0.413 e. The summed E-state index contributed by atoms with van der Waals surface area (Å²) < 4.78 is 46.7. The smallest absolute Gasteiger partial charge is 0.413 e. The Balaban J connectivity index is 2.73. The minimum atomic E-state index is -4.44. The van der Waals surface area contributed by atoms with E-state index in [1.54, 1.807) is 37.3 Å². The van der Waals surface area contributed by atoms with Crippen molar-refractivity contribution in [2.75, 3.05) is 19.7 Å². The van der Waals surface area contributed by atoms with Crippen LogP contribution in [0.1, 0.15) is 45.1 Å². The number of carbonyl (C=O) groups excluding carboxylic acids is 1. The molecule has 0 fully saturated rings. The average Bonchev–Trinajstić information content (AvgIpc) is 2.80. The van der Waals surface area contributed by atoms with Crippen molar-refractivity contribution in [2.24, 2.45) is 0 Å². The lowest BCUT2D eigenvalue weighted by molar-refractivity contribution is -0.107. The van der Waals surface area contributed by atoms with Gasteiger partial charge in [-0.2, -0.15) is 13.2 Å². The first kappa shape index (κ1) is 29.2. The zero-order chi connectivity index (χ0) is 25.2. The molecule has 0 saturated heterocycles. The maximum atomic E-state index is 13.7. The van der Waals surface area contributed by atoms with Crippen LogP contribution >= 0.6 is 0 Å². The number of halogens is 3. The molecule has 0 saturated carbocycles. The minimum Gasteiger partial charge on any atom is -0.494 e. The summed E-state index contributed by atoms with van der Waals surface area (Å²) in [5.74, 6) is 0.632. The number of carbonyl (C=O) groups is 1. The SMILES string of the molecule is C=C/C=C(\C=C(/Cc1ccccc1)C(F)(F)F)CO/C(C)=C/C(=C/C)CCCNCCCC=O. The van der Waals surface area contributed by atoms with Crippen LogP contribution in [0.2, 0.25) is 0 Å². The Bertz CT molecular complexity index is 865. The van der Waals surface area contributed by atoms with Gasteiger partial charge in [-0.3, -0.25) is 0 Å². The van der Waals surface area contributed by atoms with E-state index in [4.69, 9.17) is 4.74 Å². The third-order valence-electron chi connectivity index (χ3n) is 5.01. The van der Waals surface area contributed by atoms with Crippen LogP contribution in [0.3, 0.4) is 0 Å². The van der Waals surface area contributed by atoms with E-state index >= 15 is 0 Å². The van der Waals surface area contributed by atoms with Crippen molar-refractivity contribution < 1.29 is 22.7 Å². The molecule has 0 unspecified atom stereocenters. The Morgan fingerprint density at radius 1 is 1.09 bits per heavy atom. The molecule has 0 bridgehead atoms. The molecule has 1 N–H and O–H groups in total. The van der Waals surface area contributed by atoms with Crippen LogP contribution in [0.5, 0.6) is 0 Å². The van der Waals surface area contributed by atoms with Crippen LogP contribution in [0.15, 0.2) is 89.8 Å². The Morgan fingerprint density at radius 3 is 2.41 bits per heavy atom. The zero-order valence-electron chi connectivity index (χ0n) is 20.2. The highest BCUT2D eigenvalue weighted by Gasteiger charge is 2.33. The van der Waals surface area contributed by atoms with Gasteiger partial charge < -0.3 is 14.8 Å². The maximum absolute atomic E-state index is 13.7. The van der Waals surface area contributed by atoms with Crippen LogP contribution in [0, 0.1) is 0 Å². The Labute approximate surface area is 201 Å². The summed E-state index contributed by atoms with van der Waals surface area (Å²) in [5, 5.41) is 3.30. The molecule has 0 radical (unpaired) electrons. The minimum absolute atomic E-state index is 0.0119. The topological polar surface area (TPSA) is 38.3 Å². The fourth-order valence-corrected chi connectivity index (χ4v) is 3.21. The number of benzene rings is 1. The number of nitrogens with one attached hydrogen (secondary N) is 1. The predicted molar refractivity (Wildman–Crippen MR) is 133 cm³/mol. The third kappa shape index (κ3) is 13.0. The van der Waals surface area contributed by atoms with Gasteiger partial charge in [0, 0.05) is 18.4 Å². The summed E-state index contributed by atoms with van der Waals surface area (Å²) in [6.45, 7) is 9.04. The molecule has 0 spiro atoms. The van der Waals surface area contributed by atoms with Gasteiger partial charge in [0.2, 0.25) is 0 Å². The van der Waals surface area contributed by atoms with Gasteiger partial charge in [0.1, 0.15) is 12.9 Å². The molecule has 3 nitrogen and oxygen atoms in total. The second-order valence-corrected chi connectivity index (χ2v) is 7.88. The highest BCUT2D eigenvalue weighted by molar-refractivity contribution is 5.49. The van der Waals surface area contributed by atoms with Crippen LogP contribution < -0.4 is 5.32 Å². The molecule has 1 rings (SSSR count). The van der Waals surface area contributed by atoms with E-state index in [0.29, 0.717) is 23.3 Å². The number of allylic oxidation sites excluding steroid dienone is 7. The van der Waals surface area contributed by atoms with Crippen molar-refractivity contribution in [1.82, 2.24) is 5.32 Å². The first-order valence-electron chi connectivity index (χ1n) is 11.5. The summed E-state index contributed by atoms with van der Waals surface area (Å²) in [6.07, 6.45) is 7.52. The first-order chi connectivity index (χ1) is 16.3. The number of aldehydes is 1. The standard InChI is InChI=1S/C28H36F3NO2/c1-4-12-26(21-27(28(29,30)31)20-25-13-7-6-8-14-25)22-34-23(3)19-24(5-2)15-11-17-32-16-9-10-18-33/h4-8,12-14,18-19,21,32H,1,9-11,15-17,20,22H2,2-3H3/b23-19+,24-5+,26-12+,27-21+. The van der Waals surface area contributed by atoms with Crippen LogP contribution in [-0.2, 0) is 16.0 Å². The van der Waals surface area contributed by atoms with E-state index in [9.17, 15) is 18.0 Å². The number of unbranched alkanes of at least 4 members (excludes halogenated alkanes) is 1. The van der Waals surface area contributed by atoms with Crippen molar-refractivity contribution in [3.63, 3.8) is 0 Å². The second kappa shape index (κ2) is 16.7. The number of alkyl halides is 3. The van der Waals surface area contributed by atoms with Crippen molar-refractivity contribution >= 4 is 6.29 Å². The van der Waals surface area contributed by atoms with E-state index in [-0.39, 0.29) is 13.0 Å². The summed E-state index contributed by atoms with van der Waals surface area (Å²) in [5.41, 5.74) is 1.45. The van der Waals surface area contributed by atoms with Gasteiger partial charge in [-0.05, 0) is 75.1 Å². The fraction of sp³-hybridized carbons (Fsp3) is 0.393. The van der Waals surface area contributed by atoms with E-state index in [1.165, 1.54) is 12.2 Å². The molecule has 186 valence electrons. The number of hydrogen-bond acceptors (Lipinski definition) is 3. The Morgan fingerprint density at radius 2 is 1.79 bits per heavy atom. The quantitative estimate of drug-likeness (QED) is 0.121. The summed E-state index contributed by atoms with van der Waals surface area (Å²) in [6, 6.07) is 8.59. The van der Waals surface area contributed by atoms with Crippen LogP contribution in [0.4, 0.5) is 13.2 Å². The number of hydrogen-bond donors (Lipinski definition) is 1. The van der Waals surface area contributed by atoms with E-state index < -0.39 is 11.7 Å². The molecular weight excluding hydrogens is 439 g/mol. The molecule has 34 heavy (non-hydrogen) atoms. The lowest BCUT2D eigenvalue weighted by atomic mass is 10.0. The molecule has 6 heteroatoms. The highest BCUT2D eigenvalue weighted by atomic mass is 19.4. The summed E-state index contributed by atoms with van der Waals surface area (Å²) in [4.78, 5) is 10.3. The van der Waals surface area contributed by atoms with Gasteiger partial charge >= 0.3 is 6.18 Å². The molecule has 0 amide bonds. The van der Waals surface area contributed by atoms with Gasteiger partial charge in [-0.15, -0.1) is 0 Å². The molecule has 0 heterocycles. The number of ether oxygens (including phenoxy) is 1. The van der Waals surface area contributed by atoms with Crippen molar-refractivity contribution in [1.29, 1.82) is 0 Å². The van der Waals surface area contributed by atoms with Gasteiger partial charge in [-0.25, -0.2) is 0 Å². The van der Waals surface area contributed by atoms with Crippen molar-refractivity contribution in [3.05, 3.63) is 95.3 Å². The molecule has 0 aliphatic rings. The monoisotopic (exact) mass is 475 g/mol. The van der Waals surface area contributed by atoms with Gasteiger partial charge in [0.25, 0.3) is 0 Å². The van der Waals surface area contributed by atoms with Crippen LogP contribution in [-0.4, -0.2) is 32.2 Å². The average molecular weight is 476 g/mol. The highest BCUT2D eigenvalue weighted by Crippen LogP contribution is 2.30. The second-order valence-electron chi connectivity index (χ2n) is 7.88. The molecule has 0 aliphatic heterocycles. The van der Waals surface area contributed by atoms with Crippen molar-refractivity contribution in [3.8, 4) is 0 Å². The van der Waals surface area contributed by atoms with E-state index in [0.717, 1.165) is 50.3 Å². The molecule has 1 aromatic rings. The van der Waals surface area contributed by atoms with Crippen LogP contribution in [0.25, 0.3) is 0 Å². The molecular formula is C28H36F3NO2. The van der Waals surface area contributed by atoms with Gasteiger partial charge in [-0.1, -0.05) is 55.1 Å². The lowest BCUT2D eigenvalue weighted by Crippen LogP contribution is -2.16.